The van der Waals surface area contributed by atoms with Gasteiger partial charge in [0.15, 0.2) is 0 Å². The quantitative estimate of drug-likeness (QED) is 0.619. The Kier molecular flexibility index (Phi) is 5.15. The summed E-state index contributed by atoms with van der Waals surface area (Å²) in [6.45, 7) is 4.09. The molecule has 0 radical (unpaired) electrons. The fourth-order valence-corrected chi connectivity index (χ4v) is 1.47. The molecule has 0 aliphatic rings. The van der Waals surface area contributed by atoms with Gasteiger partial charge in [-0.1, -0.05) is 25.1 Å². The third-order valence-corrected chi connectivity index (χ3v) is 2.49. The van der Waals surface area contributed by atoms with E-state index in [0.29, 0.717) is 5.92 Å². The molecule has 1 aromatic rings. The number of benzene rings is 1. The summed E-state index contributed by atoms with van der Waals surface area (Å²) in [5, 5.41) is 12.1. The molecule has 0 aromatic heterocycles. The van der Waals surface area contributed by atoms with E-state index in [4.69, 9.17) is 10.8 Å². The van der Waals surface area contributed by atoms with Crippen LogP contribution >= 0.6 is 0 Å². The first kappa shape index (κ1) is 12.0. The van der Waals surface area contributed by atoms with Gasteiger partial charge in [-0.05, 0) is 30.5 Å². The van der Waals surface area contributed by atoms with Crippen molar-refractivity contribution in [3.63, 3.8) is 0 Å². The van der Waals surface area contributed by atoms with Crippen molar-refractivity contribution >= 4 is 5.69 Å². The monoisotopic (exact) mass is 208 g/mol. The summed E-state index contributed by atoms with van der Waals surface area (Å²) in [6.07, 6.45) is 0.845. The lowest BCUT2D eigenvalue weighted by atomic mass is 10.1. The Bertz CT molecular complexity index is 289. The van der Waals surface area contributed by atoms with Gasteiger partial charge in [-0.15, -0.1) is 0 Å². The van der Waals surface area contributed by atoms with Gasteiger partial charge in [-0.3, -0.25) is 0 Å². The van der Waals surface area contributed by atoms with Crippen LogP contribution in [0.5, 0.6) is 0 Å². The van der Waals surface area contributed by atoms with Gasteiger partial charge >= 0.3 is 0 Å². The highest BCUT2D eigenvalue weighted by Crippen LogP contribution is 2.09. The lowest BCUT2D eigenvalue weighted by molar-refractivity contribution is 0.260. The van der Waals surface area contributed by atoms with E-state index in [1.807, 2.05) is 24.3 Å². The van der Waals surface area contributed by atoms with E-state index in [0.717, 1.165) is 30.8 Å². The molecule has 0 heterocycles. The molecule has 0 saturated carbocycles. The lowest BCUT2D eigenvalue weighted by Gasteiger charge is -2.11. The molecule has 0 aliphatic carbocycles. The summed E-state index contributed by atoms with van der Waals surface area (Å²) in [5.41, 5.74) is 7.78. The van der Waals surface area contributed by atoms with E-state index < -0.39 is 0 Å². The van der Waals surface area contributed by atoms with E-state index in [1.165, 1.54) is 0 Å². The number of para-hydroxylation sites is 1. The Balaban J connectivity index is 2.29. The summed E-state index contributed by atoms with van der Waals surface area (Å²) < 4.78 is 0. The van der Waals surface area contributed by atoms with Crippen LogP contribution in [0.15, 0.2) is 24.3 Å². The van der Waals surface area contributed by atoms with Crippen LogP contribution in [0.4, 0.5) is 5.69 Å². The van der Waals surface area contributed by atoms with Gasteiger partial charge in [0.2, 0.25) is 0 Å². The third kappa shape index (κ3) is 4.32. The SMILES string of the molecule is CC(CCO)CNCc1ccccc1N. The van der Waals surface area contributed by atoms with Crippen molar-refractivity contribution in [2.45, 2.75) is 19.9 Å². The molecule has 84 valence electrons. The number of nitrogens with one attached hydrogen (secondary N) is 1. The van der Waals surface area contributed by atoms with Crippen molar-refractivity contribution in [3.8, 4) is 0 Å². The molecule has 0 spiro atoms. The van der Waals surface area contributed by atoms with Crippen molar-refractivity contribution in [1.29, 1.82) is 0 Å². The molecule has 1 rings (SSSR count). The average Bonchev–Trinajstić information content (AvgIpc) is 2.21. The molecule has 3 nitrogen and oxygen atoms in total. The van der Waals surface area contributed by atoms with Crippen molar-refractivity contribution in [2.24, 2.45) is 5.92 Å². The van der Waals surface area contributed by atoms with Gasteiger partial charge in [0, 0.05) is 18.8 Å². The first-order valence-electron chi connectivity index (χ1n) is 5.39. The lowest BCUT2D eigenvalue weighted by Crippen LogP contribution is -2.21. The molecule has 0 amide bonds. The van der Waals surface area contributed by atoms with Gasteiger partial charge in [0.25, 0.3) is 0 Å². The van der Waals surface area contributed by atoms with E-state index in [-0.39, 0.29) is 6.61 Å². The largest absolute Gasteiger partial charge is 0.398 e. The zero-order chi connectivity index (χ0) is 11.1. The predicted octanol–water partition coefficient (Wildman–Crippen LogP) is 1.38. The van der Waals surface area contributed by atoms with Crippen LogP contribution in [-0.4, -0.2) is 18.3 Å². The minimum Gasteiger partial charge on any atom is -0.398 e. The normalized spacial score (nSPS) is 12.7. The highest BCUT2D eigenvalue weighted by molar-refractivity contribution is 5.46. The smallest absolute Gasteiger partial charge is 0.0434 e. The van der Waals surface area contributed by atoms with Crippen molar-refractivity contribution < 1.29 is 5.11 Å². The van der Waals surface area contributed by atoms with Crippen LogP contribution in [0.3, 0.4) is 0 Å². The van der Waals surface area contributed by atoms with Gasteiger partial charge in [0.05, 0.1) is 0 Å². The fourth-order valence-electron chi connectivity index (χ4n) is 1.47. The van der Waals surface area contributed by atoms with Crippen molar-refractivity contribution in [3.05, 3.63) is 29.8 Å². The highest BCUT2D eigenvalue weighted by Gasteiger charge is 2.01. The zero-order valence-electron chi connectivity index (χ0n) is 9.24. The molecule has 1 atom stereocenters. The molecule has 4 N–H and O–H groups in total. The Morgan fingerprint density at radius 1 is 1.40 bits per heavy atom. The maximum Gasteiger partial charge on any atom is 0.0434 e. The highest BCUT2D eigenvalue weighted by atomic mass is 16.3. The van der Waals surface area contributed by atoms with Gasteiger partial charge in [-0.2, -0.15) is 0 Å². The van der Waals surface area contributed by atoms with Crippen LogP contribution in [0.25, 0.3) is 0 Å². The second kappa shape index (κ2) is 6.43. The van der Waals surface area contributed by atoms with E-state index in [2.05, 4.69) is 12.2 Å². The Labute approximate surface area is 91.3 Å². The van der Waals surface area contributed by atoms with Gasteiger partial charge < -0.3 is 16.2 Å². The molecule has 15 heavy (non-hydrogen) atoms. The Morgan fingerprint density at radius 3 is 2.80 bits per heavy atom. The number of aliphatic hydroxyl groups excluding tert-OH is 1. The van der Waals surface area contributed by atoms with E-state index in [9.17, 15) is 0 Å². The number of anilines is 1. The number of hydrogen-bond acceptors (Lipinski definition) is 3. The summed E-state index contributed by atoms with van der Waals surface area (Å²) >= 11 is 0. The molecule has 3 heteroatoms. The second-order valence-electron chi connectivity index (χ2n) is 3.95. The number of nitrogen functional groups attached to an aromatic ring is 1. The van der Waals surface area contributed by atoms with Gasteiger partial charge in [-0.25, -0.2) is 0 Å². The molecule has 0 bridgehead atoms. The van der Waals surface area contributed by atoms with Crippen LogP contribution in [0.1, 0.15) is 18.9 Å². The summed E-state index contributed by atoms with van der Waals surface area (Å²) in [6, 6.07) is 7.87. The van der Waals surface area contributed by atoms with Crippen LogP contribution in [0, 0.1) is 5.92 Å². The second-order valence-corrected chi connectivity index (χ2v) is 3.95. The van der Waals surface area contributed by atoms with E-state index in [1.54, 1.807) is 0 Å². The number of aliphatic hydroxyl groups is 1. The standard InChI is InChI=1S/C12H20N2O/c1-10(6-7-15)8-14-9-11-4-2-3-5-12(11)13/h2-5,10,14-15H,6-9,13H2,1H3. The number of rotatable bonds is 6. The average molecular weight is 208 g/mol. The van der Waals surface area contributed by atoms with Crippen LogP contribution in [-0.2, 0) is 6.54 Å². The number of hydrogen-bond donors (Lipinski definition) is 3. The fraction of sp³-hybridized carbons (Fsp3) is 0.500. The minimum absolute atomic E-state index is 0.260. The first-order chi connectivity index (χ1) is 7.24. The van der Waals surface area contributed by atoms with E-state index >= 15 is 0 Å². The molecular formula is C12H20N2O. The minimum atomic E-state index is 0.260. The Morgan fingerprint density at radius 2 is 2.13 bits per heavy atom. The third-order valence-electron chi connectivity index (χ3n) is 2.49. The molecular weight excluding hydrogens is 188 g/mol. The molecule has 0 aliphatic heterocycles. The molecule has 0 saturated heterocycles. The Hall–Kier alpha value is -1.06. The maximum atomic E-state index is 8.75. The number of nitrogens with two attached hydrogens (primary N) is 1. The summed E-state index contributed by atoms with van der Waals surface area (Å²) in [4.78, 5) is 0. The van der Waals surface area contributed by atoms with Crippen LogP contribution in [0.2, 0.25) is 0 Å². The molecule has 1 aromatic carbocycles. The summed E-state index contributed by atoms with van der Waals surface area (Å²) in [7, 11) is 0. The molecule has 0 fully saturated rings. The van der Waals surface area contributed by atoms with Gasteiger partial charge in [0.1, 0.15) is 0 Å². The predicted molar refractivity (Wildman–Crippen MR) is 63.4 cm³/mol. The topological polar surface area (TPSA) is 58.3 Å². The molecule has 1 unspecified atom stereocenters. The van der Waals surface area contributed by atoms with Crippen molar-refractivity contribution in [1.82, 2.24) is 5.32 Å². The zero-order valence-corrected chi connectivity index (χ0v) is 9.24. The first-order valence-corrected chi connectivity index (χ1v) is 5.39. The maximum absolute atomic E-state index is 8.75. The van der Waals surface area contributed by atoms with Crippen LogP contribution < -0.4 is 11.1 Å². The summed E-state index contributed by atoms with van der Waals surface area (Å²) in [5.74, 6) is 0.500. The van der Waals surface area contributed by atoms with Crippen molar-refractivity contribution in [2.75, 3.05) is 18.9 Å².